The van der Waals surface area contributed by atoms with E-state index in [1.54, 1.807) is 7.11 Å². The van der Waals surface area contributed by atoms with Crippen molar-refractivity contribution in [3.63, 3.8) is 0 Å². The van der Waals surface area contributed by atoms with E-state index in [1.807, 2.05) is 0 Å². The molecule has 0 heterocycles. The van der Waals surface area contributed by atoms with E-state index in [2.05, 4.69) is 54.6 Å². The van der Waals surface area contributed by atoms with Gasteiger partial charge in [0.15, 0.2) is 0 Å². The summed E-state index contributed by atoms with van der Waals surface area (Å²) in [7, 11) is 1.78. The average Bonchev–Trinajstić information content (AvgIpc) is 2.93. The van der Waals surface area contributed by atoms with Crippen molar-refractivity contribution in [2.45, 2.75) is 32.1 Å². The average molecular weight is 292 g/mol. The summed E-state index contributed by atoms with van der Waals surface area (Å²) in [5, 5.41) is 2.77. The van der Waals surface area contributed by atoms with Crippen molar-refractivity contribution in [1.82, 2.24) is 0 Å². The van der Waals surface area contributed by atoms with Crippen LogP contribution in [0.3, 0.4) is 0 Å². The van der Waals surface area contributed by atoms with Gasteiger partial charge in [0.1, 0.15) is 0 Å². The first-order valence-corrected chi connectivity index (χ1v) is 8.29. The third-order valence-corrected chi connectivity index (χ3v) is 4.36. The molecule has 0 atom stereocenters. The third-order valence-electron chi connectivity index (χ3n) is 4.36. The number of unbranched alkanes of at least 4 members (excludes halogenated alkanes) is 4. The quantitative estimate of drug-likeness (QED) is 0.601. The van der Waals surface area contributed by atoms with Crippen molar-refractivity contribution >= 4 is 12.2 Å². The molecule has 1 heteroatoms. The lowest BCUT2D eigenvalue weighted by Gasteiger charge is -2.00. The van der Waals surface area contributed by atoms with Gasteiger partial charge in [-0.15, -0.1) is 0 Å². The van der Waals surface area contributed by atoms with Crippen LogP contribution in [0.1, 0.15) is 37.7 Å². The van der Waals surface area contributed by atoms with Gasteiger partial charge in [-0.2, -0.15) is 0 Å². The van der Waals surface area contributed by atoms with Crippen molar-refractivity contribution in [2.24, 2.45) is 0 Å². The Morgan fingerprint density at radius 1 is 0.864 bits per heavy atom. The van der Waals surface area contributed by atoms with Crippen LogP contribution in [0.2, 0.25) is 0 Å². The Labute approximate surface area is 133 Å². The molecule has 0 unspecified atom stereocenters. The minimum atomic E-state index is 0.892. The van der Waals surface area contributed by atoms with Crippen LogP contribution in [0.15, 0.2) is 42.5 Å². The lowest BCUT2D eigenvalue weighted by molar-refractivity contribution is 0.192. The zero-order valence-electron chi connectivity index (χ0n) is 13.3. The Kier molecular flexibility index (Phi) is 5.07. The van der Waals surface area contributed by atoms with Crippen molar-refractivity contribution in [3.8, 4) is 11.1 Å². The molecule has 114 valence electrons. The van der Waals surface area contributed by atoms with Crippen LogP contribution >= 0.6 is 0 Å². The Hall–Kier alpha value is -1.86. The second kappa shape index (κ2) is 7.42. The molecule has 0 spiro atoms. The number of hydrogen-bond donors (Lipinski definition) is 0. The maximum Gasteiger partial charge on any atom is 0.0462 e. The van der Waals surface area contributed by atoms with E-state index < -0.39 is 0 Å². The van der Waals surface area contributed by atoms with Crippen molar-refractivity contribution < 1.29 is 4.74 Å². The first kappa shape index (κ1) is 15.1. The van der Waals surface area contributed by atoms with Crippen molar-refractivity contribution in [3.05, 3.63) is 58.5 Å². The molecular weight excluding hydrogens is 268 g/mol. The minimum absolute atomic E-state index is 0.892. The Morgan fingerprint density at radius 3 is 2.59 bits per heavy atom. The first-order chi connectivity index (χ1) is 10.9. The normalized spacial score (nSPS) is 12.9. The van der Waals surface area contributed by atoms with Gasteiger partial charge in [-0.3, -0.25) is 0 Å². The molecule has 1 nitrogen and oxygen atoms in total. The van der Waals surface area contributed by atoms with Crippen LogP contribution in [-0.4, -0.2) is 13.7 Å². The fourth-order valence-corrected chi connectivity index (χ4v) is 3.18. The maximum atomic E-state index is 5.09. The monoisotopic (exact) mass is 292 g/mol. The zero-order chi connectivity index (χ0) is 15.2. The molecule has 0 amide bonds. The van der Waals surface area contributed by atoms with Gasteiger partial charge in [-0.25, -0.2) is 0 Å². The van der Waals surface area contributed by atoms with Gasteiger partial charge < -0.3 is 4.74 Å². The number of ether oxygens (including phenoxy) is 1. The molecule has 0 saturated carbocycles. The van der Waals surface area contributed by atoms with Crippen LogP contribution in [-0.2, 0) is 4.74 Å². The van der Waals surface area contributed by atoms with Crippen LogP contribution < -0.4 is 10.4 Å². The van der Waals surface area contributed by atoms with Gasteiger partial charge in [0.2, 0.25) is 0 Å². The largest absolute Gasteiger partial charge is 0.385 e. The topological polar surface area (TPSA) is 9.23 Å². The van der Waals surface area contributed by atoms with Gasteiger partial charge in [0.05, 0.1) is 0 Å². The van der Waals surface area contributed by atoms with Gasteiger partial charge in [0, 0.05) is 13.7 Å². The lowest BCUT2D eigenvalue weighted by Crippen LogP contribution is -2.24. The van der Waals surface area contributed by atoms with Gasteiger partial charge >= 0.3 is 0 Å². The van der Waals surface area contributed by atoms with Gasteiger partial charge in [0.25, 0.3) is 0 Å². The molecule has 0 aliphatic heterocycles. The summed E-state index contributed by atoms with van der Waals surface area (Å²) in [6.07, 6.45) is 10.9. The van der Waals surface area contributed by atoms with Crippen molar-refractivity contribution in [1.29, 1.82) is 0 Å². The summed E-state index contributed by atoms with van der Waals surface area (Å²) in [6.45, 7) is 0.892. The molecule has 22 heavy (non-hydrogen) atoms. The molecule has 0 bridgehead atoms. The molecular formula is C21H24O. The Bertz CT molecular complexity index is 743. The molecule has 0 aromatic heterocycles. The number of benzene rings is 2. The number of fused-ring (bicyclic) bond motifs is 3. The van der Waals surface area contributed by atoms with Gasteiger partial charge in [-0.05, 0) is 52.5 Å². The second-order valence-corrected chi connectivity index (χ2v) is 5.94. The van der Waals surface area contributed by atoms with E-state index in [1.165, 1.54) is 52.8 Å². The van der Waals surface area contributed by atoms with E-state index in [0.29, 0.717) is 0 Å². The summed E-state index contributed by atoms with van der Waals surface area (Å²) >= 11 is 0. The van der Waals surface area contributed by atoms with Crippen LogP contribution in [0, 0.1) is 0 Å². The standard InChI is InChI=1S/C21H24O/c1-22-15-8-4-2-3-5-10-17-12-9-14-20-19-13-7-6-11-18(19)16-21(17)20/h6-7,9-14,16H,2-5,8,15H2,1H3. The van der Waals surface area contributed by atoms with Crippen molar-refractivity contribution in [2.75, 3.05) is 13.7 Å². The molecule has 1 aliphatic carbocycles. The molecule has 0 saturated heterocycles. The summed E-state index contributed by atoms with van der Waals surface area (Å²) in [5.41, 5.74) is 4.09. The summed E-state index contributed by atoms with van der Waals surface area (Å²) in [5.74, 6) is 0. The highest BCUT2D eigenvalue weighted by Crippen LogP contribution is 2.24. The summed E-state index contributed by atoms with van der Waals surface area (Å²) in [6, 6.07) is 15.3. The second-order valence-electron chi connectivity index (χ2n) is 5.94. The van der Waals surface area contributed by atoms with E-state index in [0.717, 1.165) is 13.0 Å². The highest BCUT2D eigenvalue weighted by Gasteiger charge is 2.10. The number of methoxy groups -OCH3 is 1. The minimum Gasteiger partial charge on any atom is -0.385 e. The smallest absolute Gasteiger partial charge is 0.0462 e. The van der Waals surface area contributed by atoms with Crippen LogP contribution in [0.4, 0.5) is 0 Å². The van der Waals surface area contributed by atoms with E-state index in [4.69, 9.17) is 4.74 Å². The third kappa shape index (κ3) is 3.31. The molecule has 0 fully saturated rings. The Balaban J connectivity index is 1.70. The summed E-state index contributed by atoms with van der Waals surface area (Å²) < 4.78 is 5.09. The van der Waals surface area contributed by atoms with Crippen LogP contribution in [0.25, 0.3) is 23.3 Å². The van der Waals surface area contributed by atoms with E-state index in [9.17, 15) is 0 Å². The predicted molar refractivity (Wildman–Crippen MR) is 94.1 cm³/mol. The Morgan fingerprint density at radius 2 is 1.68 bits per heavy atom. The van der Waals surface area contributed by atoms with Crippen LogP contribution in [0.5, 0.6) is 0 Å². The molecule has 1 aliphatic rings. The first-order valence-electron chi connectivity index (χ1n) is 8.29. The van der Waals surface area contributed by atoms with E-state index in [-0.39, 0.29) is 0 Å². The summed E-state index contributed by atoms with van der Waals surface area (Å²) in [4.78, 5) is 0. The van der Waals surface area contributed by atoms with Gasteiger partial charge in [-0.1, -0.05) is 61.4 Å². The van der Waals surface area contributed by atoms with E-state index >= 15 is 0 Å². The molecule has 2 aromatic rings. The fraction of sp³-hybridized carbons (Fsp3) is 0.333. The molecule has 0 radical (unpaired) electrons. The highest BCUT2D eigenvalue weighted by molar-refractivity contribution is 5.82. The lowest BCUT2D eigenvalue weighted by atomic mass is 10.0. The highest BCUT2D eigenvalue weighted by atomic mass is 16.5. The molecule has 3 rings (SSSR count). The fourth-order valence-electron chi connectivity index (χ4n) is 3.18. The number of rotatable bonds is 7. The zero-order valence-corrected chi connectivity index (χ0v) is 13.3. The molecule has 2 aromatic carbocycles. The number of hydrogen-bond acceptors (Lipinski definition) is 1. The maximum absolute atomic E-state index is 5.09. The predicted octanol–water partition coefficient (Wildman–Crippen LogP) is 3.87. The molecule has 0 N–H and O–H groups in total. The SMILES string of the molecule is COCCCCCCC=c1cccc2c1=Cc1ccccc1-2.